The smallest absolute Gasteiger partial charge is 0.179 e. The monoisotopic (exact) mass is 403 g/mol. The van der Waals surface area contributed by atoms with Crippen molar-refractivity contribution in [2.75, 3.05) is 13.1 Å². The average molecular weight is 404 g/mol. The molecular weight excluding hydrogens is 370 g/mol. The fraction of sp³-hybridized carbons (Fsp3) is 0.520. The summed E-state index contributed by atoms with van der Waals surface area (Å²) in [6.45, 7) is 5.84. The summed E-state index contributed by atoms with van der Waals surface area (Å²) in [4.78, 5) is 6.29. The van der Waals surface area contributed by atoms with E-state index in [1.165, 1.54) is 48.1 Å². The molecule has 1 aromatic heterocycles. The molecule has 2 aromatic rings. The zero-order chi connectivity index (χ0) is 20.8. The lowest BCUT2D eigenvalue weighted by atomic mass is 9.96. The van der Waals surface area contributed by atoms with E-state index in [-0.39, 0.29) is 0 Å². The minimum atomic E-state index is 0.407. The maximum absolute atomic E-state index is 9.05. The maximum Gasteiger partial charge on any atom is 0.179 e. The standard InChI is InChI=1S/C25H33N5/c1-20-6-2-5-9-25(20)22-7-3-4-8-23(14-22)28-16-24-15-27-19-30(24)17-21-10-12-29(18-26)13-11-21/h2,5-6,9,14-15,19,21,23,28H,3-4,7-8,10-13,16-17H2,1H3. The van der Waals surface area contributed by atoms with Crippen LogP contribution in [0.4, 0.5) is 0 Å². The molecule has 0 saturated carbocycles. The summed E-state index contributed by atoms with van der Waals surface area (Å²) in [5, 5.41) is 12.8. The Hall–Kier alpha value is -2.58. The van der Waals surface area contributed by atoms with Crippen LogP contribution in [0.5, 0.6) is 0 Å². The van der Waals surface area contributed by atoms with Gasteiger partial charge in [-0.25, -0.2) is 4.98 Å². The topological polar surface area (TPSA) is 56.9 Å². The van der Waals surface area contributed by atoms with Gasteiger partial charge in [-0.2, -0.15) is 5.26 Å². The van der Waals surface area contributed by atoms with Crippen molar-refractivity contribution in [3.8, 4) is 6.19 Å². The number of likely N-dealkylation sites (tertiary alicyclic amines) is 1. The summed E-state index contributed by atoms with van der Waals surface area (Å²) in [7, 11) is 0. The normalized spacial score (nSPS) is 20.5. The summed E-state index contributed by atoms with van der Waals surface area (Å²) >= 11 is 0. The van der Waals surface area contributed by atoms with Gasteiger partial charge in [0.25, 0.3) is 0 Å². The third kappa shape index (κ3) is 5.12. The lowest BCUT2D eigenvalue weighted by Crippen LogP contribution is -2.32. The van der Waals surface area contributed by atoms with E-state index in [9.17, 15) is 0 Å². The van der Waals surface area contributed by atoms with Gasteiger partial charge in [0.1, 0.15) is 0 Å². The zero-order valence-electron chi connectivity index (χ0n) is 18.1. The van der Waals surface area contributed by atoms with Gasteiger partial charge in [0.15, 0.2) is 6.19 Å². The Bertz CT molecular complexity index is 898. The van der Waals surface area contributed by atoms with Crippen molar-refractivity contribution in [1.82, 2.24) is 19.8 Å². The van der Waals surface area contributed by atoms with Gasteiger partial charge in [-0.3, -0.25) is 0 Å². The van der Waals surface area contributed by atoms with Crippen molar-refractivity contribution >= 4 is 5.57 Å². The van der Waals surface area contributed by atoms with Gasteiger partial charge >= 0.3 is 0 Å². The summed E-state index contributed by atoms with van der Waals surface area (Å²) < 4.78 is 2.31. The molecule has 0 bridgehead atoms. The summed E-state index contributed by atoms with van der Waals surface area (Å²) in [6, 6.07) is 9.15. The Morgan fingerprint density at radius 3 is 2.80 bits per heavy atom. The average Bonchev–Trinajstić information content (AvgIpc) is 3.07. The molecule has 158 valence electrons. The van der Waals surface area contributed by atoms with Gasteiger partial charge in [-0.15, -0.1) is 0 Å². The molecule has 1 atom stereocenters. The van der Waals surface area contributed by atoms with Crippen LogP contribution in [0.3, 0.4) is 0 Å². The highest BCUT2D eigenvalue weighted by atomic mass is 15.1. The van der Waals surface area contributed by atoms with Gasteiger partial charge < -0.3 is 14.8 Å². The van der Waals surface area contributed by atoms with Gasteiger partial charge in [-0.05, 0) is 61.6 Å². The molecule has 1 saturated heterocycles. The van der Waals surface area contributed by atoms with Crippen molar-refractivity contribution in [3.05, 3.63) is 59.7 Å². The lowest BCUT2D eigenvalue weighted by Gasteiger charge is -2.28. The molecule has 0 radical (unpaired) electrons. The first-order valence-corrected chi connectivity index (χ1v) is 11.4. The number of allylic oxidation sites excluding steroid dienone is 1. The largest absolute Gasteiger partial charge is 0.333 e. The molecule has 0 amide bonds. The lowest BCUT2D eigenvalue weighted by molar-refractivity contribution is 0.232. The van der Waals surface area contributed by atoms with Crippen LogP contribution in [0, 0.1) is 24.3 Å². The number of aryl methyl sites for hydroxylation is 1. The number of nitrogens with one attached hydrogen (secondary N) is 1. The molecule has 0 spiro atoms. The number of aromatic nitrogens is 2. The van der Waals surface area contributed by atoms with E-state index in [4.69, 9.17) is 5.26 Å². The Morgan fingerprint density at radius 2 is 2.00 bits per heavy atom. The highest BCUT2D eigenvalue weighted by Gasteiger charge is 2.20. The van der Waals surface area contributed by atoms with Crippen LogP contribution in [0.15, 0.2) is 42.9 Å². The second-order valence-corrected chi connectivity index (χ2v) is 8.81. The van der Waals surface area contributed by atoms with Crippen molar-refractivity contribution < 1.29 is 0 Å². The molecule has 4 rings (SSSR count). The number of nitrogens with zero attached hydrogens (tertiary/aromatic N) is 4. The number of imidazole rings is 1. The third-order valence-corrected chi connectivity index (χ3v) is 6.66. The van der Waals surface area contributed by atoms with Gasteiger partial charge in [0.2, 0.25) is 0 Å². The number of hydrogen-bond donors (Lipinski definition) is 1. The van der Waals surface area contributed by atoms with Crippen LogP contribution in [-0.2, 0) is 13.1 Å². The van der Waals surface area contributed by atoms with Crippen LogP contribution >= 0.6 is 0 Å². The molecule has 1 aromatic carbocycles. The first kappa shape index (κ1) is 20.7. The predicted octanol–water partition coefficient (Wildman–Crippen LogP) is 4.50. The Labute approximate surface area is 180 Å². The number of rotatable bonds is 6. The molecule has 1 N–H and O–H groups in total. The van der Waals surface area contributed by atoms with Crippen LogP contribution in [0.2, 0.25) is 0 Å². The van der Waals surface area contributed by atoms with Gasteiger partial charge in [0.05, 0.1) is 12.0 Å². The second-order valence-electron chi connectivity index (χ2n) is 8.81. The van der Waals surface area contributed by atoms with E-state index >= 15 is 0 Å². The fourth-order valence-electron chi connectivity index (χ4n) is 4.80. The minimum absolute atomic E-state index is 0.407. The Morgan fingerprint density at radius 1 is 1.17 bits per heavy atom. The molecule has 1 aliphatic carbocycles. The Kier molecular flexibility index (Phi) is 6.86. The molecule has 2 aliphatic rings. The molecule has 1 fully saturated rings. The van der Waals surface area contributed by atoms with Crippen LogP contribution in [0.25, 0.3) is 5.57 Å². The summed E-state index contributed by atoms with van der Waals surface area (Å²) in [6.07, 6.45) is 15.8. The van der Waals surface area contributed by atoms with E-state index in [1.54, 1.807) is 0 Å². The molecule has 1 unspecified atom stereocenters. The van der Waals surface area contributed by atoms with Crippen LogP contribution in [0.1, 0.15) is 55.3 Å². The molecule has 1 aliphatic heterocycles. The maximum atomic E-state index is 9.05. The summed E-state index contributed by atoms with van der Waals surface area (Å²) in [5.74, 6) is 0.632. The molecule has 5 heteroatoms. The van der Waals surface area contributed by atoms with Crippen LogP contribution < -0.4 is 5.32 Å². The van der Waals surface area contributed by atoms with E-state index in [2.05, 4.69) is 58.3 Å². The minimum Gasteiger partial charge on any atom is -0.333 e. The number of nitriles is 1. The van der Waals surface area contributed by atoms with Crippen molar-refractivity contribution in [2.24, 2.45) is 5.92 Å². The Balaban J connectivity index is 1.38. The molecule has 5 nitrogen and oxygen atoms in total. The SMILES string of the molecule is Cc1ccccc1C1=CC(NCc2cncn2CC2CCN(C#N)CC2)CCCC1. The predicted molar refractivity (Wildman–Crippen MR) is 120 cm³/mol. The van der Waals surface area contributed by atoms with E-state index in [0.717, 1.165) is 39.0 Å². The van der Waals surface area contributed by atoms with E-state index < -0.39 is 0 Å². The first-order chi connectivity index (χ1) is 14.7. The van der Waals surface area contributed by atoms with Gasteiger partial charge in [0, 0.05) is 38.4 Å². The van der Waals surface area contributed by atoms with Crippen LogP contribution in [-0.4, -0.2) is 33.6 Å². The zero-order valence-corrected chi connectivity index (χ0v) is 18.1. The second kappa shape index (κ2) is 9.95. The fourth-order valence-corrected chi connectivity index (χ4v) is 4.80. The van der Waals surface area contributed by atoms with Crippen molar-refractivity contribution in [3.63, 3.8) is 0 Å². The number of benzene rings is 1. The van der Waals surface area contributed by atoms with Crippen molar-refractivity contribution in [1.29, 1.82) is 5.26 Å². The quantitative estimate of drug-likeness (QED) is 0.722. The third-order valence-electron chi connectivity index (χ3n) is 6.66. The highest BCUT2D eigenvalue weighted by molar-refractivity contribution is 5.68. The summed E-state index contributed by atoms with van der Waals surface area (Å²) in [5.41, 5.74) is 5.51. The first-order valence-electron chi connectivity index (χ1n) is 11.4. The van der Waals surface area contributed by atoms with Crippen molar-refractivity contribution in [2.45, 2.75) is 64.6 Å². The number of piperidine rings is 1. The molecule has 30 heavy (non-hydrogen) atoms. The number of hydrogen-bond acceptors (Lipinski definition) is 4. The van der Waals surface area contributed by atoms with E-state index in [0.29, 0.717) is 12.0 Å². The van der Waals surface area contributed by atoms with Gasteiger partial charge in [-0.1, -0.05) is 36.8 Å². The molecule has 2 heterocycles. The van der Waals surface area contributed by atoms with E-state index in [1.807, 2.05) is 17.4 Å². The molecular formula is C25H33N5. The highest BCUT2D eigenvalue weighted by Crippen LogP contribution is 2.28.